The normalized spacial score (nSPS) is 10.8. The van der Waals surface area contributed by atoms with Gasteiger partial charge in [0, 0.05) is 27.9 Å². The molecule has 2 aromatic carbocycles. The molecule has 0 aliphatic rings. The van der Waals surface area contributed by atoms with E-state index in [-0.39, 0.29) is 0 Å². The van der Waals surface area contributed by atoms with Crippen LogP contribution in [0.2, 0.25) is 0 Å². The number of pyridine rings is 1. The van der Waals surface area contributed by atoms with Gasteiger partial charge in [0.2, 0.25) is 0 Å². The summed E-state index contributed by atoms with van der Waals surface area (Å²) in [5, 5.41) is 2.74. The Morgan fingerprint density at radius 3 is 2.48 bits per heavy atom. The summed E-state index contributed by atoms with van der Waals surface area (Å²) in [5.74, 6) is -1.22. The van der Waals surface area contributed by atoms with E-state index in [4.69, 9.17) is 0 Å². The molecule has 29 heavy (non-hydrogen) atoms. The molecule has 1 N–H and O–H groups in total. The van der Waals surface area contributed by atoms with Crippen LogP contribution < -0.4 is 5.32 Å². The van der Waals surface area contributed by atoms with E-state index in [0.717, 1.165) is 27.1 Å². The predicted molar refractivity (Wildman–Crippen MR) is 119 cm³/mol. The van der Waals surface area contributed by atoms with E-state index < -0.39 is 11.7 Å². The minimum Gasteiger partial charge on any atom is -0.319 e. The van der Waals surface area contributed by atoms with Gasteiger partial charge in [0.15, 0.2) is 0 Å². The Balaban J connectivity index is 1.75. The highest BCUT2D eigenvalue weighted by atomic mass is 32.2. The highest BCUT2D eigenvalue weighted by molar-refractivity contribution is 7.98. The summed E-state index contributed by atoms with van der Waals surface area (Å²) in [6.45, 7) is 2.02. The van der Waals surface area contributed by atoms with Crippen LogP contribution in [0.15, 0.2) is 83.9 Å². The molecule has 1 amide bonds. The fourth-order valence-corrected chi connectivity index (χ4v) is 3.76. The van der Waals surface area contributed by atoms with Gasteiger partial charge in [-0.05, 0) is 55.1 Å². The fraction of sp³-hybridized carbons (Fsp3) is 0.0833. The Hall–Kier alpha value is -3.31. The van der Waals surface area contributed by atoms with E-state index in [9.17, 15) is 9.59 Å². The number of carbonyl (C=O) groups is 2. The van der Waals surface area contributed by atoms with Gasteiger partial charge < -0.3 is 9.72 Å². The van der Waals surface area contributed by atoms with Crippen LogP contribution in [-0.4, -0.2) is 22.3 Å². The zero-order chi connectivity index (χ0) is 20.4. The smallest absolute Gasteiger partial charge is 0.298 e. The van der Waals surface area contributed by atoms with Crippen LogP contribution in [0.1, 0.15) is 16.1 Å². The van der Waals surface area contributed by atoms with Crippen LogP contribution in [-0.2, 0) is 4.79 Å². The van der Waals surface area contributed by atoms with Crippen molar-refractivity contribution in [2.75, 3.05) is 11.6 Å². The van der Waals surface area contributed by atoms with Gasteiger partial charge >= 0.3 is 0 Å². The third kappa shape index (κ3) is 3.82. The molecular weight excluding hydrogens is 380 g/mol. The van der Waals surface area contributed by atoms with Crippen LogP contribution in [0, 0.1) is 6.92 Å². The third-order valence-electron chi connectivity index (χ3n) is 4.79. The summed E-state index contributed by atoms with van der Waals surface area (Å²) in [5.41, 5.74) is 4.62. The molecule has 0 atom stereocenters. The number of nitrogens with one attached hydrogen (secondary N) is 1. The first-order valence-corrected chi connectivity index (χ1v) is 10.5. The second-order valence-corrected chi connectivity index (χ2v) is 7.66. The number of fused-ring (bicyclic) bond motifs is 1. The molecule has 2 aromatic heterocycles. The highest BCUT2D eigenvalue weighted by Gasteiger charge is 2.24. The van der Waals surface area contributed by atoms with Crippen molar-refractivity contribution in [1.82, 2.24) is 4.40 Å². The van der Waals surface area contributed by atoms with Crippen LogP contribution in [0.3, 0.4) is 0 Å². The number of hydrogen-bond acceptors (Lipinski definition) is 3. The zero-order valence-electron chi connectivity index (χ0n) is 16.2. The fourth-order valence-electron chi connectivity index (χ4n) is 3.30. The summed E-state index contributed by atoms with van der Waals surface area (Å²) in [7, 11) is 0. The Bertz CT molecular complexity index is 1210. The lowest BCUT2D eigenvalue weighted by molar-refractivity contribution is -0.112. The van der Waals surface area contributed by atoms with E-state index in [1.165, 1.54) is 0 Å². The molecule has 144 valence electrons. The van der Waals surface area contributed by atoms with Crippen molar-refractivity contribution in [3.8, 4) is 11.1 Å². The largest absolute Gasteiger partial charge is 0.319 e. The second-order valence-electron chi connectivity index (χ2n) is 6.78. The standard InChI is InChI=1S/C24H20N2O2S/c1-16-9-11-17(12-10-16)21-15-19-7-3-4-13-26(19)22(21)23(27)24(28)25-18-6-5-8-20(14-18)29-2/h3-15H,1-2H3,(H,25,28). The number of ketones is 1. The average Bonchev–Trinajstić information content (AvgIpc) is 3.13. The molecule has 0 unspecified atom stereocenters. The number of anilines is 1. The number of Topliss-reactive ketones (excluding diaryl/α,β-unsaturated/α-hetero) is 1. The molecule has 0 aliphatic carbocycles. The number of aryl methyl sites for hydroxylation is 1. The summed E-state index contributed by atoms with van der Waals surface area (Å²) < 4.78 is 1.77. The molecule has 0 fully saturated rings. The van der Waals surface area contributed by atoms with Crippen molar-refractivity contribution < 1.29 is 9.59 Å². The number of carbonyl (C=O) groups excluding carboxylic acids is 2. The average molecular weight is 401 g/mol. The number of amides is 1. The monoisotopic (exact) mass is 400 g/mol. The SMILES string of the molecule is CSc1cccc(NC(=O)C(=O)c2c(-c3ccc(C)cc3)cc3ccccn23)c1. The Morgan fingerprint density at radius 2 is 1.72 bits per heavy atom. The number of hydrogen-bond donors (Lipinski definition) is 1. The first kappa shape index (κ1) is 19.0. The van der Waals surface area contributed by atoms with Crippen LogP contribution >= 0.6 is 11.8 Å². The number of thioether (sulfide) groups is 1. The van der Waals surface area contributed by atoms with E-state index >= 15 is 0 Å². The van der Waals surface area contributed by atoms with Crippen LogP contribution in [0.4, 0.5) is 5.69 Å². The minimum atomic E-state index is -0.652. The highest BCUT2D eigenvalue weighted by Crippen LogP contribution is 2.29. The maximum atomic E-state index is 13.2. The molecule has 5 heteroatoms. The topological polar surface area (TPSA) is 50.6 Å². The number of nitrogens with zero attached hydrogens (tertiary/aromatic N) is 1. The zero-order valence-corrected chi connectivity index (χ0v) is 17.0. The molecule has 0 aliphatic heterocycles. The van der Waals surface area contributed by atoms with Crippen molar-refractivity contribution >= 4 is 34.7 Å². The van der Waals surface area contributed by atoms with E-state index in [2.05, 4.69) is 5.32 Å². The van der Waals surface area contributed by atoms with E-state index in [1.54, 1.807) is 22.2 Å². The van der Waals surface area contributed by atoms with Crippen molar-refractivity contribution in [1.29, 1.82) is 0 Å². The molecular formula is C24H20N2O2S. The summed E-state index contributed by atoms with van der Waals surface area (Å²) in [6, 6.07) is 23.0. The lowest BCUT2D eigenvalue weighted by atomic mass is 10.0. The van der Waals surface area contributed by atoms with Gasteiger partial charge in [-0.2, -0.15) is 0 Å². The second kappa shape index (κ2) is 7.97. The van der Waals surface area contributed by atoms with Gasteiger partial charge in [-0.15, -0.1) is 11.8 Å². The lowest BCUT2D eigenvalue weighted by Gasteiger charge is -2.09. The number of benzene rings is 2. The molecule has 4 nitrogen and oxygen atoms in total. The summed E-state index contributed by atoms with van der Waals surface area (Å²) in [4.78, 5) is 27.0. The van der Waals surface area contributed by atoms with E-state index in [0.29, 0.717) is 11.4 Å². The molecule has 0 bridgehead atoms. The number of rotatable bonds is 5. The lowest BCUT2D eigenvalue weighted by Crippen LogP contribution is -2.24. The predicted octanol–water partition coefficient (Wildman–Crippen LogP) is 5.46. The minimum absolute atomic E-state index is 0.364. The van der Waals surface area contributed by atoms with Gasteiger partial charge in [-0.3, -0.25) is 9.59 Å². The Kier molecular flexibility index (Phi) is 5.23. The van der Waals surface area contributed by atoms with Gasteiger partial charge in [0.05, 0.1) is 0 Å². The molecule has 4 rings (SSSR count). The molecule has 0 saturated carbocycles. The molecule has 0 saturated heterocycles. The maximum absolute atomic E-state index is 13.2. The van der Waals surface area contributed by atoms with Crippen LogP contribution in [0.5, 0.6) is 0 Å². The molecule has 2 heterocycles. The van der Waals surface area contributed by atoms with Gasteiger partial charge in [0.1, 0.15) is 5.69 Å². The Morgan fingerprint density at radius 1 is 0.931 bits per heavy atom. The van der Waals surface area contributed by atoms with Crippen molar-refractivity contribution in [3.05, 3.63) is 90.3 Å². The molecule has 0 radical (unpaired) electrons. The summed E-state index contributed by atoms with van der Waals surface area (Å²) in [6.07, 6.45) is 3.77. The molecule has 4 aromatic rings. The van der Waals surface area contributed by atoms with E-state index in [1.807, 2.05) is 86.1 Å². The van der Waals surface area contributed by atoms with Crippen molar-refractivity contribution in [2.45, 2.75) is 11.8 Å². The summed E-state index contributed by atoms with van der Waals surface area (Å²) >= 11 is 1.58. The quantitative estimate of drug-likeness (QED) is 0.275. The van der Waals surface area contributed by atoms with Gasteiger partial charge in [-0.1, -0.05) is 42.0 Å². The van der Waals surface area contributed by atoms with Crippen molar-refractivity contribution in [2.24, 2.45) is 0 Å². The van der Waals surface area contributed by atoms with Gasteiger partial charge in [-0.25, -0.2) is 0 Å². The number of aromatic nitrogens is 1. The molecule has 0 spiro atoms. The Labute approximate surface area is 173 Å². The van der Waals surface area contributed by atoms with Gasteiger partial charge in [0.25, 0.3) is 11.7 Å². The van der Waals surface area contributed by atoms with Crippen LogP contribution in [0.25, 0.3) is 16.6 Å². The van der Waals surface area contributed by atoms with Crippen molar-refractivity contribution in [3.63, 3.8) is 0 Å². The maximum Gasteiger partial charge on any atom is 0.298 e. The first-order chi connectivity index (χ1) is 14.1. The first-order valence-electron chi connectivity index (χ1n) is 9.23. The third-order valence-corrected chi connectivity index (χ3v) is 5.52.